The summed E-state index contributed by atoms with van der Waals surface area (Å²) in [7, 11) is 1.18. The maximum Gasteiger partial charge on any atom is 0.379 e. The van der Waals surface area contributed by atoms with Crippen LogP contribution in [0.4, 0.5) is 5.69 Å². The summed E-state index contributed by atoms with van der Waals surface area (Å²) >= 11 is 11.5. The van der Waals surface area contributed by atoms with E-state index in [1.54, 1.807) is 36.1 Å². The van der Waals surface area contributed by atoms with E-state index in [0.29, 0.717) is 15.8 Å². The van der Waals surface area contributed by atoms with Crippen LogP contribution in [0.5, 0.6) is 0 Å². The van der Waals surface area contributed by atoms with E-state index >= 15 is 0 Å². The third-order valence-corrected chi connectivity index (χ3v) is 4.87. The average Bonchev–Trinajstić information content (AvgIpc) is 2.68. The van der Waals surface area contributed by atoms with Gasteiger partial charge < -0.3 is 10.1 Å². The second-order valence-corrected chi connectivity index (χ2v) is 6.75. The first-order valence-electron chi connectivity index (χ1n) is 8.18. The average molecular weight is 401 g/mol. The molecule has 0 aliphatic carbocycles. The lowest BCUT2D eigenvalue weighted by atomic mass is 9.91. The monoisotopic (exact) mass is 400 g/mol. The maximum absolute atomic E-state index is 12.8. The second kappa shape index (κ2) is 7.90. The van der Waals surface area contributed by atoms with Gasteiger partial charge in [-0.15, -0.1) is 0 Å². The van der Waals surface area contributed by atoms with Gasteiger partial charge in [0.25, 0.3) is 5.78 Å². The molecular weight excluding hydrogens is 384 g/mol. The number of nitrogens with one attached hydrogen (secondary N) is 1. The van der Waals surface area contributed by atoms with Crippen LogP contribution in [0.3, 0.4) is 0 Å². The van der Waals surface area contributed by atoms with E-state index < -0.39 is 17.8 Å². The van der Waals surface area contributed by atoms with Gasteiger partial charge in [0.2, 0.25) is 0 Å². The molecule has 0 saturated carbocycles. The number of nitrogens with zero attached hydrogens (tertiary/aromatic N) is 1. The molecule has 3 rings (SSSR count). The Hall–Kier alpha value is -2.70. The Labute approximate surface area is 167 Å². The van der Waals surface area contributed by atoms with Crippen LogP contribution in [-0.2, 0) is 14.3 Å². The lowest BCUT2D eigenvalue weighted by Gasteiger charge is -2.37. The predicted molar refractivity (Wildman–Crippen MR) is 109 cm³/mol. The van der Waals surface area contributed by atoms with Crippen LogP contribution in [0.25, 0.3) is 0 Å². The van der Waals surface area contributed by atoms with Gasteiger partial charge in [-0.2, -0.15) is 0 Å². The van der Waals surface area contributed by atoms with Gasteiger partial charge in [-0.1, -0.05) is 41.9 Å². The van der Waals surface area contributed by atoms with E-state index in [4.69, 9.17) is 23.8 Å². The molecular formula is C20H17ClN2O3S. The first-order chi connectivity index (χ1) is 12.9. The predicted octanol–water partition coefficient (Wildman–Crippen LogP) is 3.79. The number of benzene rings is 2. The van der Waals surface area contributed by atoms with Crippen molar-refractivity contribution in [1.82, 2.24) is 5.32 Å². The maximum atomic E-state index is 12.8. The van der Waals surface area contributed by atoms with Crippen molar-refractivity contribution in [3.63, 3.8) is 0 Å². The van der Waals surface area contributed by atoms with Crippen molar-refractivity contribution >= 4 is 46.4 Å². The smallest absolute Gasteiger partial charge is 0.379 e. The third-order valence-electron chi connectivity index (χ3n) is 4.32. The van der Waals surface area contributed by atoms with Crippen LogP contribution < -0.4 is 10.2 Å². The summed E-state index contributed by atoms with van der Waals surface area (Å²) in [5.41, 5.74) is 2.40. The lowest BCUT2D eigenvalue weighted by Crippen LogP contribution is -2.48. The molecule has 1 atom stereocenters. The number of carbonyl (C=O) groups excluding carboxylic acids is 2. The highest BCUT2D eigenvalue weighted by Gasteiger charge is 2.37. The number of anilines is 1. The Morgan fingerprint density at radius 3 is 2.33 bits per heavy atom. The number of hydrogen-bond donors (Lipinski definition) is 1. The van der Waals surface area contributed by atoms with Gasteiger partial charge in [-0.25, -0.2) is 4.79 Å². The van der Waals surface area contributed by atoms with Gasteiger partial charge in [0, 0.05) is 16.4 Å². The van der Waals surface area contributed by atoms with E-state index in [9.17, 15) is 9.59 Å². The fourth-order valence-corrected chi connectivity index (χ4v) is 3.52. The van der Waals surface area contributed by atoms with Gasteiger partial charge in [0.15, 0.2) is 5.11 Å². The minimum Gasteiger partial charge on any atom is -0.463 e. The summed E-state index contributed by atoms with van der Waals surface area (Å²) in [6.07, 6.45) is 0. The van der Waals surface area contributed by atoms with Crippen molar-refractivity contribution in [2.75, 3.05) is 12.0 Å². The number of rotatable bonds is 4. The highest BCUT2D eigenvalue weighted by Crippen LogP contribution is 2.34. The van der Waals surface area contributed by atoms with Crippen molar-refractivity contribution in [3.8, 4) is 0 Å². The molecule has 0 saturated heterocycles. The number of ketones is 1. The SMILES string of the molecule is COC(=O)C(=O)C1=C(C)N(c2ccccc2)C(=S)N[C@H]1c1ccc(Cl)cc1. The molecule has 1 aliphatic rings. The number of esters is 1. The topological polar surface area (TPSA) is 58.6 Å². The first kappa shape index (κ1) is 19.1. The minimum atomic E-state index is -0.925. The minimum absolute atomic E-state index is 0.279. The molecule has 138 valence electrons. The van der Waals surface area contributed by atoms with Crippen LogP contribution in [0.1, 0.15) is 18.5 Å². The van der Waals surface area contributed by atoms with E-state index in [1.165, 1.54) is 7.11 Å². The van der Waals surface area contributed by atoms with Crippen molar-refractivity contribution < 1.29 is 14.3 Å². The molecule has 1 N–H and O–H groups in total. The van der Waals surface area contributed by atoms with Crippen LogP contribution in [0.15, 0.2) is 65.9 Å². The Kier molecular flexibility index (Phi) is 5.58. The molecule has 0 unspecified atom stereocenters. The highest BCUT2D eigenvalue weighted by molar-refractivity contribution is 7.80. The molecule has 1 heterocycles. The zero-order chi connectivity index (χ0) is 19.6. The summed E-state index contributed by atoms with van der Waals surface area (Å²) in [5.74, 6) is -1.64. The first-order valence-corrected chi connectivity index (χ1v) is 8.97. The number of para-hydroxylation sites is 1. The van der Waals surface area contributed by atoms with E-state index in [0.717, 1.165) is 11.3 Å². The molecule has 5 nitrogen and oxygen atoms in total. The normalized spacial score (nSPS) is 16.8. The number of carbonyl (C=O) groups is 2. The van der Waals surface area contributed by atoms with Crippen molar-refractivity contribution in [2.45, 2.75) is 13.0 Å². The molecule has 0 radical (unpaired) electrons. The number of thiocarbonyl (C=S) groups is 1. The summed E-state index contributed by atoms with van der Waals surface area (Å²) in [6.45, 7) is 1.76. The Morgan fingerprint density at radius 1 is 1.11 bits per heavy atom. The fraction of sp³-hybridized carbons (Fsp3) is 0.150. The van der Waals surface area contributed by atoms with Gasteiger partial charge >= 0.3 is 5.97 Å². The Morgan fingerprint density at radius 2 is 1.74 bits per heavy atom. The summed E-state index contributed by atoms with van der Waals surface area (Å²) < 4.78 is 4.66. The quantitative estimate of drug-likeness (QED) is 0.478. The Balaban J connectivity index is 2.16. The zero-order valence-electron chi connectivity index (χ0n) is 14.7. The van der Waals surface area contributed by atoms with E-state index in [1.807, 2.05) is 30.3 Å². The third kappa shape index (κ3) is 3.72. The largest absolute Gasteiger partial charge is 0.463 e. The Bertz CT molecular complexity index is 926. The van der Waals surface area contributed by atoms with Crippen LogP contribution in [0.2, 0.25) is 5.02 Å². The molecule has 2 aromatic rings. The van der Waals surface area contributed by atoms with Crippen LogP contribution in [-0.4, -0.2) is 24.0 Å². The number of methoxy groups -OCH3 is 1. The molecule has 7 heteroatoms. The highest BCUT2D eigenvalue weighted by atomic mass is 35.5. The fourth-order valence-electron chi connectivity index (χ4n) is 3.03. The number of halogens is 1. The summed E-state index contributed by atoms with van der Waals surface area (Å²) in [4.78, 5) is 26.5. The number of hydrogen-bond acceptors (Lipinski definition) is 4. The molecule has 27 heavy (non-hydrogen) atoms. The van der Waals surface area contributed by atoms with Crippen molar-refractivity contribution in [2.24, 2.45) is 0 Å². The molecule has 0 aromatic heterocycles. The van der Waals surface area contributed by atoms with E-state index in [-0.39, 0.29) is 5.57 Å². The molecule has 0 fully saturated rings. The van der Waals surface area contributed by atoms with Gasteiger partial charge in [-0.05, 0) is 49.0 Å². The van der Waals surface area contributed by atoms with Gasteiger partial charge in [0.05, 0.1) is 18.7 Å². The lowest BCUT2D eigenvalue weighted by molar-refractivity contribution is -0.150. The van der Waals surface area contributed by atoms with E-state index in [2.05, 4.69) is 10.1 Å². The molecule has 0 bridgehead atoms. The molecule has 0 amide bonds. The number of Topliss-reactive ketones (excluding diaryl/α,β-unsaturated/α-hetero) is 1. The number of ether oxygens (including phenoxy) is 1. The standard InChI is InChI=1S/C20H17ClN2O3S/c1-12-16(18(24)19(25)26-2)17(13-8-10-14(21)11-9-13)22-20(27)23(12)15-6-4-3-5-7-15/h3-11,17H,1-2H3,(H,22,27)/t17-/m0/s1. The summed E-state index contributed by atoms with van der Waals surface area (Å²) in [5, 5.41) is 4.17. The van der Waals surface area contributed by atoms with Gasteiger partial charge in [-0.3, -0.25) is 9.69 Å². The van der Waals surface area contributed by atoms with Crippen molar-refractivity contribution in [1.29, 1.82) is 0 Å². The second-order valence-electron chi connectivity index (χ2n) is 5.92. The zero-order valence-corrected chi connectivity index (χ0v) is 16.3. The molecule has 0 spiro atoms. The van der Waals surface area contributed by atoms with Crippen LogP contribution >= 0.6 is 23.8 Å². The number of allylic oxidation sites excluding steroid dienone is 1. The van der Waals surface area contributed by atoms with Gasteiger partial charge in [0.1, 0.15) is 0 Å². The molecule has 1 aliphatic heterocycles. The molecule has 2 aromatic carbocycles. The van der Waals surface area contributed by atoms with Crippen LogP contribution in [0, 0.1) is 0 Å². The van der Waals surface area contributed by atoms with Crippen molar-refractivity contribution in [3.05, 3.63) is 76.5 Å². The summed E-state index contributed by atoms with van der Waals surface area (Å²) in [6, 6.07) is 15.8.